The average Bonchev–Trinajstić information content (AvgIpc) is 3.07. The number of fused-ring (bicyclic) bond motifs is 3. The highest BCUT2D eigenvalue weighted by Crippen LogP contribution is 2.40. The third-order valence-corrected chi connectivity index (χ3v) is 5.49. The molecule has 2 fully saturated rings. The van der Waals surface area contributed by atoms with E-state index in [9.17, 15) is 4.79 Å². The lowest BCUT2D eigenvalue weighted by Crippen LogP contribution is -2.41. The number of pyridine rings is 1. The minimum atomic E-state index is -0.0798. The van der Waals surface area contributed by atoms with Crippen LogP contribution in [0.25, 0.3) is 22.1 Å². The Kier molecular flexibility index (Phi) is 3.07. The minimum Gasteiger partial charge on any atom is -0.346 e. The normalized spacial score (nSPS) is 26.0. The van der Waals surface area contributed by atoms with E-state index in [1.807, 2.05) is 23.5 Å². The first kappa shape index (κ1) is 14.5. The second-order valence-electron chi connectivity index (χ2n) is 7.04. The molecule has 3 aromatic heterocycles. The summed E-state index contributed by atoms with van der Waals surface area (Å²) in [5.74, 6) is -0.00880. The standard InChI is InChI=1S/C18H18N6O/c19-7-11-6-14(11)18(25)23-5-1-2-12(9-23)24-10-22-15-8-21-17-13(16(15)24)3-4-20-17/h3-4,8,10-12,14H,1-2,5-6,9H2,(H,20,21)/t11?,12-,14?/m1/s1. The van der Waals surface area contributed by atoms with Crippen molar-refractivity contribution in [3.05, 3.63) is 24.8 Å². The Morgan fingerprint density at radius 1 is 1.40 bits per heavy atom. The molecule has 0 radical (unpaired) electrons. The Labute approximate surface area is 144 Å². The molecule has 4 heterocycles. The van der Waals surface area contributed by atoms with Gasteiger partial charge in [-0.3, -0.25) is 4.79 Å². The molecule has 126 valence electrons. The van der Waals surface area contributed by atoms with Crippen LogP contribution in [0.1, 0.15) is 25.3 Å². The highest BCUT2D eigenvalue weighted by Gasteiger charge is 2.46. The van der Waals surface area contributed by atoms with E-state index in [1.54, 1.807) is 6.20 Å². The third kappa shape index (κ3) is 2.21. The van der Waals surface area contributed by atoms with Crippen molar-refractivity contribution in [1.29, 1.82) is 5.26 Å². The molecule has 7 nitrogen and oxygen atoms in total. The molecule has 25 heavy (non-hydrogen) atoms. The molecule has 0 bridgehead atoms. The van der Waals surface area contributed by atoms with Crippen molar-refractivity contribution in [2.75, 3.05) is 13.1 Å². The van der Waals surface area contributed by atoms with Crippen molar-refractivity contribution < 1.29 is 4.79 Å². The molecule has 5 rings (SSSR count). The summed E-state index contributed by atoms with van der Waals surface area (Å²) in [6.07, 6.45) is 8.27. The van der Waals surface area contributed by atoms with E-state index in [-0.39, 0.29) is 23.8 Å². The van der Waals surface area contributed by atoms with Crippen LogP contribution in [0.4, 0.5) is 0 Å². The van der Waals surface area contributed by atoms with Gasteiger partial charge in [-0.05, 0) is 25.3 Å². The maximum absolute atomic E-state index is 12.6. The van der Waals surface area contributed by atoms with Crippen LogP contribution < -0.4 is 0 Å². The van der Waals surface area contributed by atoms with Gasteiger partial charge >= 0.3 is 0 Å². The number of nitrogens with one attached hydrogen (secondary N) is 1. The minimum absolute atomic E-state index is 0.0764. The molecule has 1 saturated carbocycles. The second-order valence-corrected chi connectivity index (χ2v) is 7.04. The smallest absolute Gasteiger partial charge is 0.227 e. The first-order valence-corrected chi connectivity index (χ1v) is 8.73. The van der Waals surface area contributed by atoms with Crippen LogP contribution in [-0.4, -0.2) is 43.4 Å². The van der Waals surface area contributed by atoms with Crippen molar-refractivity contribution in [1.82, 2.24) is 24.4 Å². The predicted molar refractivity (Wildman–Crippen MR) is 91.4 cm³/mol. The van der Waals surface area contributed by atoms with E-state index < -0.39 is 0 Å². The molecule has 1 aliphatic carbocycles. The SMILES string of the molecule is N#CC1CC1C(=O)N1CCC[C@@H](n2cnc3cnc4[nH]ccc4c32)C1. The van der Waals surface area contributed by atoms with E-state index >= 15 is 0 Å². The fourth-order valence-electron chi connectivity index (χ4n) is 4.04. The molecular formula is C18H18N6O. The Bertz CT molecular complexity index is 1010. The maximum atomic E-state index is 12.6. The summed E-state index contributed by atoms with van der Waals surface area (Å²) < 4.78 is 2.20. The summed E-state index contributed by atoms with van der Waals surface area (Å²) in [5.41, 5.74) is 2.81. The van der Waals surface area contributed by atoms with Crippen LogP contribution in [0.2, 0.25) is 0 Å². The number of nitriles is 1. The summed E-state index contributed by atoms with van der Waals surface area (Å²) in [4.78, 5) is 26.6. The van der Waals surface area contributed by atoms with Gasteiger partial charge in [-0.1, -0.05) is 0 Å². The molecule has 7 heteroatoms. The Balaban J connectivity index is 1.47. The largest absolute Gasteiger partial charge is 0.346 e. The number of H-pyrrole nitrogens is 1. The van der Waals surface area contributed by atoms with Gasteiger partial charge in [-0.25, -0.2) is 9.97 Å². The molecule has 3 atom stereocenters. The lowest BCUT2D eigenvalue weighted by Gasteiger charge is -2.34. The van der Waals surface area contributed by atoms with E-state index in [0.717, 1.165) is 47.9 Å². The number of hydrogen-bond donors (Lipinski definition) is 1. The molecule has 3 aromatic rings. The van der Waals surface area contributed by atoms with Gasteiger partial charge in [-0.15, -0.1) is 0 Å². The fraction of sp³-hybridized carbons (Fsp3) is 0.444. The van der Waals surface area contributed by atoms with Gasteiger partial charge < -0.3 is 14.5 Å². The first-order valence-electron chi connectivity index (χ1n) is 8.73. The number of aromatic amines is 1. The van der Waals surface area contributed by atoms with Gasteiger partial charge in [0.15, 0.2) is 0 Å². The van der Waals surface area contributed by atoms with Crippen LogP contribution in [0.15, 0.2) is 24.8 Å². The number of hydrogen-bond acceptors (Lipinski definition) is 4. The number of nitrogens with zero attached hydrogens (tertiary/aromatic N) is 5. The Morgan fingerprint density at radius 2 is 2.32 bits per heavy atom. The van der Waals surface area contributed by atoms with Crippen LogP contribution in [-0.2, 0) is 4.79 Å². The quantitative estimate of drug-likeness (QED) is 0.778. The van der Waals surface area contributed by atoms with Crippen molar-refractivity contribution in [2.45, 2.75) is 25.3 Å². The van der Waals surface area contributed by atoms with Gasteiger partial charge in [0.1, 0.15) is 11.2 Å². The number of likely N-dealkylation sites (tertiary alicyclic amines) is 1. The molecule has 0 aromatic carbocycles. The highest BCUT2D eigenvalue weighted by atomic mass is 16.2. The lowest BCUT2D eigenvalue weighted by molar-refractivity contribution is -0.134. The van der Waals surface area contributed by atoms with Gasteiger partial charge in [-0.2, -0.15) is 5.26 Å². The van der Waals surface area contributed by atoms with Crippen molar-refractivity contribution in [3.8, 4) is 6.07 Å². The fourth-order valence-corrected chi connectivity index (χ4v) is 4.04. The predicted octanol–water partition coefficient (Wildman–Crippen LogP) is 2.24. The number of carbonyl (C=O) groups is 1. The second kappa shape index (κ2) is 5.31. The van der Waals surface area contributed by atoms with E-state index in [0.29, 0.717) is 6.54 Å². The van der Waals surface area contributed by atoms with Crippen LogP contribution in [0.3, 0.4) is 0 Å². The van der Waals surface area contributed by atoms with Gasteiger partial charge in [0.2, 0.25) is 5.91 Å². The number of amides is 1. The highest BCUT2D eigenvalue weighted by molar-refractivity contribution is 6.01. The maximum Gasteiger partial charge on any atom is 0.227 e. The molecule has 2 unspecified atom stereocenters. The first-order chi connectivity index (χ1) is 12.3. The monoisotopic (exact) mass is 334 g/mol. The van der Waals surface area contributed by atoms with Crippen molar-refractivity contribution >= 4 is 28.0 Å². The van der Waals surface area contributed by atoms with Gasteiger partial charge in [0, 0.05) is 24.7 Å². The average molecular weight is 334 g/mol. The zero-order valence-corrected chi connectivity index (χ0v) is 13.7. The Morgan fingerprint density at radius 3 is 3.16 bits per heavy atom. The van der Waals surface area contributed by atoms with Gasteiger partial charge in [0.05, 0.1) is 42.0 Å². The summed E-state index contributed by atoms with van der Waals surface area (Å²) in [6, 6.07) is 4.45. The molecular weight excluding hydrogens is 316 g/mol. The summed E-state index contributed by atoms with van der Waals surface area (Å²) in [5, 5.41) is 10.0. The van der Waals surface area contributed by atoms with E-state index in [1.165, 1.54) is 0 Å². The van der Waals surface area contributed by atoms with E-state index in [4.69, 9.17) is 5.26 Å². The summed E-state index contributed by atoms with van der Waals surface area (Å²) >= 11 is 0. The summed E-state index contributed by atoms with van der Waals surface area (Å²) in [6.45, 7) is 1.48. The number of carbonyl (C=O) groups excluding carboxylic acids is 1. The molecule has 2 aliphatic rings. The Hall–Kier alpha value is -2.88. The van der Waals surface area contributed by atoms with E-state index in [2.05, 4.69) is 25.6 Å². The number of aromatic nitrogens is 4. The van der Waals surface area contributed by atoms with Crippen LogP contribution in [0, 0.1) is 23.2 Å². The van der Waals surface area contributed by atoms with Crippen molar-refractivity contribution in [2.24, 2.45) is 11.8 Å². The molecule has 1 aliphatic heterocycles. The van der Waals surface area contributed by atoms with Gasteiger partial charge in [0.25, 0.3) is 0 Å². The lowest BCUT2D eigenvalue weighted by atomic mass is 10.0. The van der Waals surface area contributed by atoms with Crippen LogP contribution in [0.5, 0.6) is 0 Å². The zero-order valence-electron chi connectivity index (χ0n) is 13.7. The topological polar surface area (TPSA) is 90.6 Å². The number of rotatable bonds is 2. The molecule has 1 N–H and O–H groups in total. The molecule has 1 amide bonds. The summed E-state index contributed by atoms with van der Waals surface area (Å²) in [7, 11) is 0. The number of piperidine rings is 1. The third-order valence-electron chi connectivity index (χ3n) is 5.49. The zero-order chi connectivity index (χ0) is 17.0. The molecule has 0 spiro atoms. The molecule has 1 saturated heterocycles. The van der Waals surface area contributed by atoms with Crippen LogP contribution >= 0.6 is 0 Å². The number of imidazole rings is 1. The van der Waals surface area contributed by atoms with Crippen molar-refractivity contribution in [3.63, 3.8) is 0 Å².